The third-order valence-corrected chi connectivity index (χ3v) is 3.62. The summed E-state index contributed by atoms with van der Waals surface area (Å²) in [7, 11) is 0. The molecule has 1 aromatic carbocycles. The summed E-state index contributed by atoms with van der Waals surface area (Å²) in [6.45, 7) is 2.71. The summed E-state index contributed by atoms with van der Waals surface area (Å²) in [5.41, 5.74) is 2.22. The molecule has 0 amide bonds. The van der Waals surface area contributed by atoms with Crippen LogP contribution in [0.25, 0.3) is 10.2 Å². The van der Waals surface area contributed by atoms with Crippen LogP contribution in [0.5, 0.6) is 0 Å². The van der Waals surface area contributed by atoms with E-state index in [1.165, 1.54) is 10.3 Å². The fraction of sp³-hybridized carbons (Fsp3) is 0.333. The van der Waals surface area contributed by atoms with Crippen molar-refractivity contribution in [3.05, 3.63) is 23.8 Å². The molecule has 17 heavy (non-hydrogen) atoms. The molecule has 0 aliphatic rings. The smallest absolute Gasteiger partial charge is 0.303 e. The van der Waals surface area contributed by atoms with Crippen molar-refractivity contribution >= 4 is 32.7 Å². The standard InChI is InChI=1S/C12H14N2O2S/c1-8-4-2-5-9-11(8)17-12(14-9)13-7-3-6-10(15)16/h2,4-5H,3,6-7H2,1H3,(H,13,14)(H,15,16). The summed E-state index contributed by atoms with van der Waals surface area (Å²) >= 11 is 1.61. The van der Waals surface area contributed by atoms with Gasteiger partial charge in [0.05, 0.1) is 10.2 Å². The van der Waals surface area contributed by atoms with Gasteiger partial charge in [-0.1, -0.05) is 23.5 Å². The third-order valence-electron chi connectivity index (χ3n) is 2.46. The van der Waals surface area contributed by atoms with Crippen molar-refractivity contribution in [1.29, 1.82) is 0 Å². The topological polar surface area (TPSA) is 62.2 Å². The zero-order valence-electron chi connectivity index (χ0n) is 9.56. The van der Waals surface area contributed by atoms with E-state index in [4.69, 9.17) is 5.11 Å². The maximum Gasteiger partial charge on any atom is 0.303 e. The molecule has 1 aromatic heterocycles. The second kappa shape index (κ2) is 5.14. The zero-order valence-corrected chi connectivity index (χ0v) is 10.4. The highest BCUT2D eigenvalue weighted by Gasteiger charge is 2.05. The summed E-state index contributed by atoms with van der Waals surface area (Å²) in [6, 6.07) is 6.04. The van der Waals surface area contributed by atoms with Gasteiger partial charge in [0, 0.05) is 13.0 Å². The fourth-order valence-electron chi connectivity index (χ4n) is 1.60. The Morgan fingerprint density at radius 1 is 1.53 bits per heavy atom. The Morgan fingerprint density at radius 2 is 2.35 bits per heavy atom. The lowest BCUT2D eigenvalue weighted by Gasteiger charge is -1.99. The highest BCUT2D eigenvalue weighted by molar-refractivity contribution is 7.22. The number of aromatic nitrogens is 1. The molecule has 0 atom stereocenters. The van der Waals surface area contributed by atoms with E-state index >= 15 is 0 Å². The molecule has 1 heterocycles. The molecule has 90 valence electrons. The number of benzene rings is 1. The van der Waals surface area contributed by atoms with Gasteiger partial charge in [-0.2, -0.15) is 0 Å². The zero-order chi connectivity index (χ0) is 12.3. The highest BCUT2D eigenvalue weighted by Crippen LogP contribution is 2.28. The van der Waals surface area contributed by atoms with Crippen LogP contribution in [0.15, 0.2) is 18.2 Å². The minimum Gasteiger partial charge on any atom is -0.481 e. The van der Waals surface area contributed by atoms with Gasteiger partial charge in [-0.25, -0.2) is 4.98 Å². The van der Waals surface area contributed by atoms with Gasteiger partial charge in [0.1, 0.15) is 0 Å². The molecule has 0 aliphatic carbocycles. The molecule has 0 saturated heterocycles. The SMILES string of the molecule is Cc1cccc2nc(NCCCC(=O)O)sc12. The number of carbonyl (C=O) groups is 1. The first-order chi connectivity index (χ1) is 8.16. The quantitative estimate of drug-likeness (QED) is 0.801. The van der Waals surface area contributed by atoms with E-state index in [-0.39, 0.29) is 6.42 Å². The van der Waals surface area contributed by atoms with Crippen LogP contribution in [0.2, 0.25) is 0 Å². The number of carboxylic acid groups (broad SMARTS) is 1. The summed E-state index contributed by atoms with van der Waals surface area (Å²) < 4.78 is 1.19. The first kappa shape index (κ1) is 11.9. The number of carboxylic acids is 1. The molecule has 0 saturated carbocycles. The number of aryl methyl sites for hydroxylation is 1. The van der Waals surface area contributed by atoms with Gasteiger partial charge in [0.25, 0.3) is 0 Å². The van der Waals surface area contributed by atoms with Crippen molar-refractivity contribution in [3.8, 4) is 0 Å². The number of thiazole rings is 1. The Bertz CT molecular complexity index is 536. The molecule has 2 rings (SSSR count). The van der Waals surface area contributed by atoms with Crippen molar-refractivity contribution in [2.24, 2.45) is 0 Å². The average Bonchev–Trinajstić information content (AvgIpc) is 2.69. The second-order valence-corrected chi connectivity index (χ2v) is 4.87. The van der Waals surface area contributed by atoms with Crippen molar-refractivity contribution < 1.29 is 9.90 Å². The summed E-state index contributed by atoms with van der Waals surface area (Å²) in [4.78, 5) is 14.8. The normalized spacial score (nSPS) is 10.6. The Kier molecular flexibility index (Phi) is 3.58. The Labute approximate surface area is 103 Å². The minimum absolute atomic E-state index is 0.191. The van der Waals surface area contributed by atoms with Gasteiger partial charge < -0.3 is 10.4 Å². The van der Waals surface area contributed by atoms with Gasteiger partial charge >= 0.3 is 5.97 Å². The minimum atomic E-state index is -0.757. The first-order valence-electron chi connectivity index (χ1n) is 5.48. The monoisotopic (exact) mass is 250 g/mol. The van der Waals surface area contributed by atoms with E-state index in [0.29, 0.717) is 13.0 Å². The van der Waals surface area contributed by atoms with Gasteiger partial charge in [-0.3, -0.25) is 4.79 Å². The van der Waals surface area contributed by atoms with E-state index in [0.717, 1.165) is 10.6 Å². The molecule has 0 aliphatic heterocycles. The Balaban J connectivity index is 2.00. The lowest BCUT2D eigenvalue weighted by atomic mass is 10.2. The summed E-state index contributed by atoms with van der Waals surface area (Å²) in [5.74, 6) is -0.757. The fourth-order valence-corrected chi connectivity index (χ4v) is 2.56. The van der Waals surface area contributed by atoms with E-state index in [2.05, 4.69) is 23.3 Å². The Morgan fingerprint density at radius 3 is 3.06 bits per heavy atom. The maximum absolute atomic E-state index is 10.4. The third kappa shape index (κ3) is 2.94. The van der Waals surface area contributed by atoms with Crippen molar-refractivity contribution in [1.82, 2.24) is 4.98 Å². The first-order valence-corrected chi connectivity index (χ1v) is 6.30. The highest BCUT2D eigenvalue weighted by atomic mass is 32.1. The predicted octanol–water partition coefficient (Wildman–Crippen LogP) is 2.88. The van der Waals surface area contributed by atoms with Crippen LogP contribution in [0, 0.1) is 6.92 Å². The van der Waals surface area contributed by atoms with E-state index in [1.54, 1.807) is 11.3 Å². The Hall–Kier alpha value is -1.62. The molecule has 4 nitrogen and oxygen atoms in total. The second-order valence-electron chi connectivity index (χ2n) is 3.87. The summed E-state index contributed by atoms with van der Waals surface area (Å²) in [6.07, 6.45) is 0.807. The molecule has 5 heteroatoms. The molecular formula is C12H14N2O2S. The number of hydrogen-bond donors (Lipinski definition) is 2. The van der Waals surface area contributed by atoms with Crippen LogP contribution >= 0.6 is 11.3 Å². The molecule has 2 N–H and O–H groups in total. The van der Waals surface area contributed by atoms with Gasteiger partial charge in [0.2, 0.25) is 0 Å². The van der Waals surface area contributed by atoms with E-state index in [9.17, 15) is 4.79 Å². The molecule has 2 aromatic rings. The van der Waals surface area contributed by atoms with Crippen molar-refractivity contribution in [2.75, 3.05) is 11.9 Å². The van der Waals surface area contributed by atoms with E-state index in [1.807, 2.05) is 12.1 Å². The number of aliphatic carboxylic acids is 1. The molecule has 0 spiro atoms. The molecule has 0 unspecified atom stereocenters. The molecule has 0 fully saturated rings. The number of fused-ring (bicyclic) bond motifs is 1. The molecule has 0 radical (unpaired) electrons. The van der Waals surface area contributed by atoms with Crippen LogP contribution in [0.4, 0.5) is 5.13 Å². The van der Waals surface area contributed by atoms with E-state index < -0.39 is 5.97 Å². The van der Waals surface area contributed by atoms with Crippen LogP contribution in [-0.2, 0) is 4.79 Å². The number of hydrogen-bond acceptors (Lipinski definition) is 4. The average molecular weight is 250 g/mol. The lowest BCUT2D eigenvalue weighted by Crippen LogP contribution is -2.04. The predicted molar refractivity (Wildman–Crippen MR) is 69.7 cm³/mol. The van der Waals surface area contributed by atoms with Crippen molar-refractivity contribution in [3.63, 3.8) is 0 Å². The largest absolute Gasteiger partial charge is 0.481 e. The molecular weight excluding hydrogens is 236 g/mol. The van der Waals surface area contributed by atoms with Crippen LogP contribution in [0.1, 0.15) is 18.4 Å². The molecule has 0 bridgehead atoms. The van der Waals surface area contributed by atoms with Gasteiger partial charge in [0.15, 0.2) is 5.13 Å². The van der Waals surface area contributed by atoms with Crippen LogP contribution in [0.3, 0.4) is 0 Å². The number of anilines is 1. The lowest BCUT2D eigenvalue weighted by molar-refractivity contribution is -0.137. The number of rotatable bonds is 5. The number of nitrogens with one attached hydrogen (secondary N) is 1. The van der Waals surface area contributed by atoms with Crippen LogP contribution in [-0.4, -0.2) is 22.6 Å². The summed E-state index contributed by atoms with van der Waals surface area (Å²) in [5, 5.41) is 12.5. The van der Waals surface area contributed by atoms with Gasteiger partial charge in [-0.05, 0) is 25.0 Å². The van der Waals surface area contributed by atoms with Crippen LogP contribution < -0.4 is 5.32 Å². The maximum atomic E-state index is 10.4. The number of nitrogens with zero attached hydrogens (tertiary/aromatic N) is 1. The van der Waals surface area contributed by atoms with Crippen molar-refractivity contribution in [2.45, 2.75) is 19.8 Å². The van der Waals surface area contributed by atoms with Gasteiger partial charge in [-0.15, -0.1) is 0 Å².